The van der Waals surface area contributed by atoms with Gasteiger partial charge in [0.1, 0.15) is 0 Å². The molecule has 0 aromatic heterocycles. The van der Waals surface area contributed by atoms with Crippen molar-refractivity contribution in [3.63, 3.8) is 0 Å². The zero-order valence-electron chi connectivity index (χ0n) is 10.2. The Bertz CT molecular complexity index is 524. The van der Waals surface area contributed by atoms with Gasteiger partial charge in [-0.2, -0.15) is 4.31 Å². The summed E-state index contributed by atoms with van der Waals surface area (Å²) in [4.78, 5) is 10.9. The molecule has 100 valence electrons. The van der Waals surface area contributed by atoms with Crippen LogP contribution in [0.15, 0.2) is 29.2 Å². The van der Waals surface area contributed by atoms with Gasteiger partial charge in [0.05, 0.1) is 11.5 Å². The van der Waals surface area contributed by atoms with Gasteiger partial charge in [0.2, 0.25) is 15.9 Å². The van der Waals surface area contributed by atoms with E-state index >= 15 is 0 Å². The Balaban J connectivity index is 3.09. The predicted molar refractivity (Wildman–Crippen MR) is 66.5 cm³/mol. The lowest BCUT2D eigenvalue weighted by molar-refractivity contribution is 0.1000. The summed E-state index contributed by atoms with van der Waals surface area (Å²) in [5.74, 6) is -0.615. The molecule has 0 bridgehead atoms. The highest BCUT2D eigenvalue weighted by Crippen LogP contribution is 2.17. The third kappa shape index (κ3) is 2.87. The molecule has 18 heavy (non-hydrogen) atoms. The van der Waals surface area contributed by atoms with Gasteiger partial charge in [-0.25, -0.2) is 8.42 Å². The molecule has 1 unspecified atom stereocenters. The van der Waals surface area contributed by atoms with E-state index in [0.717, 1.165) is 4.31 Å². The van der Waals surface area contributed by atoms with Crippen LogP contribution in [0.4, 0.5) is 0 Å². The van der Waals surface area contributed by atoms with Crippen molar-refractivity contribution >= 4 is 15.9 Å². The second-order valence-electron chi connectivity index (χ2n) is 3.94. The summed E-state index contributed by atoms with van der Waals surface area (Å²) < 4.78 is 25.3. The van der Waals surface area contributed by atoms with Gasteiger partial charge in [-0.05, 0) is 31.2 Å². The Morgan fingerprint density at radius 1 is 1.39 bits per heavy atom. The molecule has 1 aromatic rings. The summed E-state index contributed by atoms with van der Waals surface area (Å²) >= 11 is 0. The maximum absolute atomic E-state index is 12.1. The van der Waals surface area contributed by atoms with Crippen LogP contribution < -0.4 is 5.73 Å². The van der Waals surface area contributed by atoms with Crippen LogP contribution in [0.1, 0.15) is 17.3 Å². The number of sulfonamides is 1. The molecule has 1 atom stereocenters. The van der Waals surface area contributed by atoms with Crippen molar-refractivity contribution < 1.29 is 18.3 Å². The zero-order chi connectivity index (χ0) is 13.9. The summed E-state index contributed by atoms with van der Waals surface area (Å²) in [5, 5.41) is 8.97. The van der Waals surface area contributed by atoms with Gasteiger partial charge in [0.25, 0.3) is 0 Å². The molecule has 0 aliphatic rings. The van der Waals surface area contributed by atoms with Crippen molar-refractivity contribution in [1.29, 1.82) is 0 Å². The molecule has 1 aromatic carbocycles. The molecule has 0 saturated carbocycles. The van der Waals surface area contributed by atoms with E-state index in [1.54, 1.807) is 6.92 Å². The second-order valence-corrected chi connectivity index (χ2v) is 5.94. The van der Waals surface area contributed by atoms with E-state index < -0.39 is 22.0 Å². The van der Waals surface area contributed by atoms with Crippen molar-refractivity contribution in [1.82, 2.24) is 4.31 Å². The summed E-state index contributed by atoms with van der Waals surface area (Å²) in [5.41, 5.74) is 5.31. The van der Waals surface area contributed by atoms with Gasteiger partial charge < -0.3 is 10.8 Å². The molecule has 1 amide bonds. The Morgan fingerprint density at radius 2 is 1.89 bits per heavy atom. The maximum atomic E-state index is 12.1. The zero-order valence-corrected chi connectivity index (χ0v) is 11.0. The lowest BCUT2D eigenvalue weighted by Crippen LogP contribution is -2.37. The number of nitrogens with zero attached hydrogens (tertiary/aromatic N) is 1. The number of aliphatic hydroxyl groups is 1. The third-order valence-electron chi connectivity index (χ3n) is 2.70. The van der Waals surface area contributed by atoms with E-state index in [9.17, 15) is 13.2 Å². The van der Waals surface area contributed by atoms with Crippen molar-refractivity contribution in [2.24, 2.45) is 5.73 Å². The van der Waals surface area contributed by atoms with E-state index in [1.165, 1.54) is 31.3 Å². The number of carbonyl (C=O) groups is 1. The highest BCUT2D eigenvalue weighted by molar-refractivity contribution is 7.89. The van der Waals surface area contributed by atoms with Gasteiger partial charge in [-0.3, -0.25) is 4.79 Å². The largest absolute Gasteiger partial charge is 0.395 e. The molecule has 0 saturated heterocycles. The first-order valence-corrected chi connectivity index (χ1v) is 6.73. The fourth-order valence-electron chi connectivity index (χ4n) is 1.31. The number of likely N-dealkylation sites (N-methyl/N-ethyl adjacent to an activating group) is 1. The van der Waals surface area contributed by atoms with Gasteiger partial charge >= 0.3 is 0 Å². The Hall–Kier alpha value is -1.44. The lowest BCUT2D eigenvalue weighted by Gasteiger charge is -2.22. The third-order valence-corrected chi connectivity index (χ3v) is 4.69. The molecule has 7 heteroatoms. The number of hydrogen-bond acceptors (Lipinski definition) is 4. The first kappa shape index (κ1) is 14.6. The van der Waals surface area contributed by atoms with Crippen LogP contribution in [0.5, 0.6) is 0 Å². The number of rotatable bonds is 5. The minimum Gasteiger partial charge on any atom is -0.395 e. The molecule has 0 fully saturated rings. The molecule has 0 radical (unpaired) electrons. The first-order chi connectivity index (χ1) is 8.30. The summed E-state index contributed by atoms with van der Waals surface area (Å²) in [7, 11) is -2.28. The minimum absolute atomic E-state index is 0.0512. The van der Waals surface area contributed by atoms with Crippen molar-refractivity contribution in [3.05, 3.63) is 29.8 Å². The smallest absolute Gasteiger partial charge is 0.248 e. The van der Waals surface area contributed by atoms with Gasteiger partial charge in [0.15, 0.2) is 0 Å². The number of hydrogen-bond donors (Lipinski definition) is 2. The normalized spacial score (nSPS) is 13.6. The van der Waals surface area contributed by atoms with Gasteiger partial charge in [-0.15, -0.1) is 0 Å². The molecule has 6 nitrogen and oxygen atoms in total. The monoisotopic (exact) mass is 272 g/mol. The maximum Gasteiger partial charge on any atom is 0.248 e. The number of primary amides is 1. The lowest BCUT2D eigenvalue weighted by atomic mass is 10.2. The highest BCUT2D eigenvalue weighted by atomic mass is 32.2. The second kappa shape index (κ2) is 5.47. The molecular weight excluding hydrogens is 256 g/mol. The van der Waals surface area contributed by atoms with Crippen molar-refractivity contribution in [2.75, 3.05) is 13.7 Å². The fourth-order valence-corrected chi connectivity index (χ4v) is 2.66. The molecule has 0 aliphatic heterocycles. The van der Waals surface area contributed by atoms with Crippen LogP contribution >= 0.6 is 0 Å². The molecule has 0 spiro atoms. The fraction of sp³-hybridized carbons (Fsp3) is 0.364. The number of carbonyl (C=O) groups excluding carboxylic acids is 1. The van der Waals surface area contributed by atoms with Crippen LogP contribution in [0, 0.1) is 0 Å². The van der Waals surface area contributed by atoms with E-state index in [4.69, 9.17) is 10.8 Å². The topological polar surface area (TPSA) is 101 Å². The molecular formula is C11H16N2O4S. The van der Waals surface area contributed by atoms with Crippen molar-refractivity contribution in [3.8, 4) is 0 Å². The van der Waals surface area contributed by atoms with Crippen LogP contribution in [-0.2, 0) is 10.0 Å². The number of aliphatic hydroxyl groups excluding tert-OH is 1. The number of nitrogens with two attached hydrogens (primary N) is 1. The molecule has 0 aliphatic carbocycles. The predicted octanol–water partition coefficient (Wildman–Crippen LogP) is -0.213. The van der Waals surface area contributed by atoms with E-state index in [1.807, 2.05) is 0 Å². The summed E-state index contributed by atoms with van der Waals surface area (Å²) in [6, 6.07) is 4.82. The molecule has 0 heterocycles. The van der Waals surface area contributed by atoms with Crippen molar-refractivity contribution in [2.45, 2.75) is 17.9 Å². The van der Waals surface area contributed by atoms with Crippen LogP contribution in [0.2, 0.25) is 0 Å². The molecule has 3 N–H and O–H groups in total. The van der Waals surface area contributed by atoms with Crippen LogP contribution in [0.3, 0.4) is 0 Å². The Kier molecular flexibility index (Phi) is 4.44. The van der Waals surface area contributed by atoms with Gasteiger partial charge in [0, 0.05) is 18.7 Å². The average Bonchev–Trinajstić information content (AvgIpc) is 2.36. The summed E-state index contributed by atoms with van der Waals surface area (Å²) in [6.07, 6.45) is 0. The van der Waals surface area contributed by atoms with Crippen LogP contribution in [0.25, 0.3) is 0 Å². The standard InChI is InChI=1S/C11H16N2O4S/c1-8(7-14)13(2)18(16,17)10-5-3-9(4-6-10)11(12)15/h3-6,8,14H,7H2,1-2H3,(H2,12,15). The quantitative estimate of drug-likeness (QED) is 0.774. The van der Waals surface area contributed by atoms with Crippen LogP contribution in [-0.4, -0.2) is 43.4 Å². The Labute approximate surface area is 106 Å². The number of amides is 1. The molecule has 1 rings (SSSR count). The Morgan fingerprint density at radius 3 is 2.28 bits per heavy atom. The summed E-state index contributed by atoms with van der Waals surface area (Å²) in [6.45, 7) is 1.32. The number of benzene rings is 1. The highest BCUT2D eigenvalue weighted by Gasteiger charge is 2.24. The minimum atomic E-state index is -3.67. The van der Waals surface area contributed by atoms with E-state index in [-0.39, 0.29) is 17.1 Å². The average molecular weight is 272 g/mol. The van der Waals surface area contributed by atoms with E-state index in [2.05, 4.69) is 0 Å². The van der Waals surface area contributed by atoms with Gasteiger partial charge in [-0.1, -0.05) is 0 Å². The first-order valence-electron chi connectivity index (χ1n) is 5.29. The SMILES string of the molecule is CC(CO)N(C)S(=O)(=O)c1ccc(C(N)=O)cc1. The van der Waals surface area contributed by atoms with E-state index in [0.29, 0.717) is 0 Å².